The predicted octanol–water partition coefficient (Wildman–Crippen LogP) is 4.54. The number of nitrogens with zero attached hydrogens (tertiary/aromatic N) is 3. The molecule has 0 fully saturated rings. The number of amides is 1. The Morgan fingerprint density at radius 1 is 1.15 bits per heavy atom. The summed E-state index contributed by atoms with van der Waals surface area (Å²) in [7, 11) is 1.66. The lowest BCUT2D eigenvalue weighted by atomic mass is 9.91. The number of aromatic nitrogens is 2. The average Bonchev–Trinajstić information content (AvgIpc) is 3.36. The Labute approximate surface area is 197 Å². The van der Waals surface area contributed by atoms with Crippen LogP contribution in [-0.4, -0.2) is 38.9 Å². The molecule has 34 heavy (non-hydrogen) atoms. The largest absolute Gasteiger partial charge is 0.505 e. The van der Waals surface area contributed by atoms with Gasteiger partial charge in [-0.05, 0) is 43.0 Å². The van der Waals surface area contributed by atoms with Crippen LogP contribution in [0.3, 0.4) is 0 Å². The van der Waals surface area contributed by atoms with Gasteiger partial charge in [0.05, 0.1) is 11.3 Å². The quantitative estimate of drug-likeness (QED) is 0.429. The molecular formula is C27H25N3O4. The highest BCUT2D eigenvalue weighted by Gasteiger charge is 2.34. The molecule has 2 aromatic heterocycles. The lowest BCUT2D eigenvalue weighted by Crippen LogP contribution is -2.17. The molecule has 0 bridgehead atoms. The highest BCUT2D eigenvalue weighted by atomic mass is 16.5. The normalized spacial score (nSPS) is 13.0. The first-order chi connectivity index (χ1) is 16.3. The van der Waals surface area contributed by atoms with Gasteiger partial charge in [-0.1, -0.05) is 35.0 Å². The first-order valence-corrected chi connectivity index (χ1v) is 11.2. The second-order valence-corrected chi connectivity index (χ2v) is 8.99. The Morgan fingerprint density at radius 3 is 2.62 bits per heavy atom. The number of aryl methyl sites for hydroxylation is 3. The zero-order chi connectivity index (χ0) is 24.0. The van der Waals surface area contributed by atoms with Gasteiger partial charge in [0.15, 0.2) is 11.5 Å². The Morgan fingerprint density at radius 2 is 1.91 bits per heavy atom. The molecule has 0 spiro atoms. The average molecular weight is 456 g/mol. The molecule has 1 aliphatic heterocycles. The summed E-state index contributed by atoms with van der Waals surface area (Å²) in [5, 5.41) is 15.5. The lowest BCUT2D eigenvalue weighted by molar-refractivity contribution is 0.0813. The highest BCUT2D eigenvalue weighted by molar-refractivity contribution is 6.16. The van der Waals surface area contributed by atoms with Crippen molar-refractivity contribution >= 4 is 22.6 Å². The maximum atomic E-state index is 13.5. The van der Waals surface area contributed by atoms with Crippen LogP contribution in [-0.2, 0) is 19.4 Å². The van der Waals surface area contributed by atoms with Crippen molar-refractivity contribution in [2.45, 2.75) is 39.7 Å². The number of carbonyl (C=O) groups is 2. The molecule has 7 nitrogen and oxygen atoms in total. The number of Topliss-reactive ketones (excluding diaryl/α,β-unsaturated/α-hetero) is 1. The summed E-state index contributed by atoms with van der Waals surface area (Å²) in [6.45, 7) is 4.12. The van der Waals surface area contributed by atoms with Gasteiger partial charge in [0, 0.05) is 49.6 Å². The summed E-state index contributed by atoms with van der Waals surface area (Å²) in [5.41, 5.74) is 5.41. The smallest absolute Gasteiger partial charge is 0.258 e. The summed E-state index contributed by atoms with van der Waals surface area (Å²) in [6.07, 6.45) is 2.97. The summed E-state index contributed by atoms with van der Waals surface area (Å²) in [6, 6.07) is 12.0. The summed E-state index contributed by atoms with van der Waals surface area (Å²) in [4.78, 5) is 32.3. The third kappa shape index (κ3) is 3.83. The molecule has 3 heterocycles. The number of phenols is 1. The van der Waals surface area contributed by atoms with E-state index in [2.05, 4.69) is 34.4 Å². The third-order valence-electron chi connectivity index (χ3n) is 6.33. The topological polar surface area (TPSA) is 96.5 Å². The standard InChI is InChI=1S/C27H25N3O4/c1-15-4-6-17(7-5-15)11-18-12-20-23(22(31)9-8-19-10-16(2)34-29-19)21-14-30(3)27(33)24(21)26(32)25(20)28-13-18/h4-7,10,12-13,32H,8-9,11,14H2,1-3H3. The summed E-state index contributed by atoms with van der Waals surface area (Å²) < 4.78 is 5.11. The first kappa shape index (κ1) is 21.8. The minimum Gasteiger partial charge on any atom is -0.505 e. The van der Waals surface area contributed by atoms with Crippen LogP contribution < -0.4 is 0 Å². The van der Waals surface area contributed by atoms with E-state index in [0.29, 0.717) is 40.8 Å². The van der Waals surface area contributed by atoms with Gasteiger partial charge in [0.25, 0.3) is 5.91 Å². The Balaban J connectivity index is 1.60. The summed E-state index contributed by atoms with van der Waals surface area (Å²) >= 11 is 0. The molecular weight excluding hydrogens is 430 g/mol. The second-order valence-electron chi connectivity index (χ2n) is 8.99. The fraction of sp³-hybridized carbons (Fsp3) is 0.259. The van der Waals surface area contributed by atoms with Crippen molar-refractivity contribution in [3.05, 3.63) is 87.4 Å². The Bertz CT molecular complexity index is 1440. The third-order valence-corrected chi connectivity index (χ3v) is 6.33. The molecule has 0 saturated heterocycles. The molecule has 1 N–H and O–H groups in total. The monoisotopic (exact) mass is 455 g/mol. The number of fused-ring (bicyclic) bond motifs is 2. The maximum Gasteiger partial charge on any atom is 0.258 e. The second kappa shape index (κ2) is 8.41. The number of benzene rings is 2. The van der Waals surface area contributed by atoms with Crippen molar-refractivity contribution < 1.29 is 19.2 Å². The zero-order valence-corrected chi connectivity index (χ0v) is 19.4. The van der Waals surface area contributed by atoms with Crippen LogP contribution >= 0.6 is 0 Å². The van der Waals surface area contributed by atoms with E-state index < -0.39 is 0 Å². The van der Waals surface area contributed by atoms with Crippen LogP contribution in [0.25, 0.3) is 10.9 Å². The van der Waals surface area contributed by atoms with Gasteiger partial charge in [0.2, 0.25) is 0 Å². The van der Waals surface area contributed by atoms with Gasteiger partial charge in [-0.15, -0.1) is 0 Å². The number of carbonyl (C=O) groups excluding carboxylic acids is 2. The number of pyridine rings is 1. The first-order valence-electron chi connectivity index (χ1n) is 11.2. The molecule has 0 atom stereocenters. The van der Waals surface area contributed by atoms with E-state index in [-0.39, 0.29) is 41.5 Å². The molecule has 1 aliphatic rings. The predicted molar refractivity (Wildman–Crippen MR) is 127 cm³/mol. The number of phenolic OH excluding ortho intramolecular Hbond substituents is 1. The number of aromatic hydroxyl groups is 1. The van der Waals surface area contributed by atoms with Crippen LogP contribution in [0.5, 0.6) is 5.75 Å². The molecule has 0 radical (unpaired) electrons. The maximum absolute atomic E-state index is 13.5. The van der Waals surface area contributed by atoms with Crippen molar-refractivity contribution in [3.8, 4) is 5.75 Å². The highest BCUT2D eigenvalue weighted by Crippen LogP contribution is 2.40. The van der Waals surface area contributed by atoms with Gasteiger partial charge in [-0.25, -0.2) is 0 Å². The van der Waals surface area contributed by atoms with Crippen LogP contribution in [0.1, 0.15) is 60.8 Å². The van der Waals surface area contributed by atoms with Crippen LogP contribution in [0.4, 0.5) is 0 Å². The molecule has 0 unspecified atom stereocenters. The van der Waals surface area contributed by atoms with E-state index >= 15 is 0 Å². The Kier molecular flexibility index (Phi) is 5.40. The fourth-order valence-corrected chi connectivity index (χ4v) is 4.58. The van der Waals surface area contributed by atoms with Crippen molar-refractivity contribution in [2.24, 2.45) is 0 Å². The van der Waals surface area contributed by atoms with Crippen LogP contribution in [0, 0.1) is 13.8 Å². The summed E-state index contributed by atoms with van der Waals surface area (Å²) in [5.74, 6) is 0.112. The van der Waals surface area contributed by atoms with Gasteiger partial charge in [-0.2, -0.15) is 0 Å². The van der Waals surface area contributed by atoms with E-state index in [9.17, 15) is 14.7 Å². The minimum absolute atomic E-state index is 0.112. The van der Waals surface area contributed by atoms with E-state index in [1.807, 2.05) is 19.1 Å². The molecule has 7 heteroatoms. The zero-order valence-electron chi connectivity index (χ0n) is 19.4. The molecule has 5 rings (SSSR count). The van der Waals surface area contributed by atoms with E-state index in [1.165, 1.54) is 10.5 Å². The van der Waals surface area contributed by atoms with Gasteiger partial charge < -0.3 is 14.5 Å². The molecule has 4 aromatic rings. The van der Waals surface area contributed by atoms with Crippen LogP contribution in [0.15, 0.2) is 47.1 Å². The molecule has 2 aromatic carbocycles. The van der Waals surface area contributed by atoms with Gasteiger partial charge in [0.1, 0.15) is 11.3 Å². The van der Waals surface area contributed by atoms with Gasteiger partial charge in [-0.3, -0.25) is 14.6 Å². The van der Waals surface area contributed by atoms with Crippen LogP contribution in [0.2, 0.25) is 0 Å². The van der Waals surface area contributed by atoms with Crippen molar-refractivity contribution in [2.75, 3.05) is 7.05 Å². The van der Waals surface area contributed by atoms with Crippen molar-refractivity contribution in [1.82, 2.24) is 15.0 Å². The fourth-order valence-electron chi connectivity index (χ4n) is 4.58. The molecule has 0 saturated carbocycles. The van der Waals surface area contributed by atoms with E-state index in [0.717, 1.165) is 11.1 Å². The van der Waals surface area contributed by atoms with Gasteiger partial charge >= 0.3 is 0 Å². The van der Waals surface area contributed by atoms with Crippen molar-refractivity contribution in [3.63, 3.8) is 0 Å². The lowest BCUT2D eigenvalue weighted by Gasteiger charge is -2.14. The minimum atomic E-state index is -0.305. The molecule has 172 valence electrons. The van der Waals surface area contributed by atoms with E-state index in [4.69, 9.17) is 4.52 Å². The number of hydrogen-bond donors (Lipinski definition) is 1. The molecule has 1 amide bonds. The van der Waals surface area contributed by atoms with E-state index in [1.54, 1.807) is 20.2 Å². The SMILES string of the molecule is Cc1ccc(Cc2cnc3c(O)c4c(c(C(=O)CCc5cc(C)on5)c3c2)CN(C)C4=O)cc1. The number of rotatable bonds is 6. The Hall–Kier alpha value is -4.00. The number of ketones is 1. The molecule has 0 aliphatic carbocycles. The van der Waals surface area contributed by atoms with Crippen molar-refractivity contribution in [1.29, 1.82) is 0 Å². The number of hydrogen-bond acceptors (Lipinski definition) is 6.